The molecule has 90 valence electrons. The van der Waals surface area contributed by atoms with Crippen molar-refractivity contribution < 1.29 is 13.9 Å². The molecule has 0 aliphatic heterocycles. The molecule has 1 aromatic heterocycles. The van der Waals surface area contributed by atoms with Gasteiger partial charge in [-0.3, -0.25) is 0 Å². The fourth-order valence-corrected chi connectivity index (χ4v) is 2.93. The van der Waals surface area contributed by atoms with Crippen molar-refractivity contribution in [3.63, 3.8) is 0 Å². The standard InChI is InChI=1S/C12H9BrF2OS/c1-6-2-3-7(11(15)10(6)14)12(16)8-4-5-9(13)17-8/h2-5,12,16H,1H3. The first-order valence-electron chi connectivity index (χ1n) is 4.88. The number of aliphatic hydroxyl groups excluding tert-OH is 1. The largest absolute Gasteiger partial charge is 0.383 e. The van der Waals surface area contributed by atoms with Gasteiger partial charge in [0.05, 0.1) is 3.79 Å². The summed E-state index contributed by atoms with van der Waals surface area (Å²) in [6, 6.07) is 6.30. The lowest BCUT2D eigenvalue weighted by Gasteiger charge is -2.11. The Morgan fingerprint density at radius 3 is 2.47 bits per heavy atom. The zero-order valence-electron chi connectivity index (χ0n) is 8.88. The van der Waals surface area contributed by atoms with Crippen LogP contribution in [0.25, 0.3) is 0 Å². The smallest absolute Gasteiger partial charge is 0.165 e. The van der Waals surface area contributed by atoms with Crippen LogP contribution in [0.5, 0.6) is 0 Å². The van der Waals surface area contributed by atoms with Gasteiger partial charge in [-0.15, -0.1) is 11.3 Å². The Morgan fingerprint density at radius 2 is 1.88 bits per heavy atom. The Labute approximate surface area is 110 Å². The molecule has 0 spiro atoms. The summed E-state index contributed by atoms with van der Waals surface area (Å²) in [6.45, 7) is 1.48. The Hall–Kier alpha value is -0.780. The van der Waals surface area contributed by atoms with Crippen LogP contribution in [0.4, 0.5) is 8.78 Å². The third-order valence-electron chi connectivity index (χ3n) is 2.46. The number of hydrogen-bond donors (Lipinski definition) is 1. The van der Waals surface area contributed by atoms with Gasteiger partial charge in [0.1, 0.15) is 6.10 Å². The van der Waals surface area contributed by atoms with E-state index in [1.54, 1.807) is 12.1 Å². The van der Waals surface area contributed by atoms with Crippen LogP contribution in [-0.2, 0) is 0 Å². The fourth-order valence-electron chi connectivity index (χ4n) is 1.50. The minimum Gasteiger partial charge on any atom is -0.383 e. The first-order chi connectivity index (χ1) is 8.00. The van der Waals surface area contributed by atoms with Crippen LogP contribution in [0.3, 0.4) is 0 Å². The molecule has 0 amide bonds. The number of aliphatic hydroxyl groups is 1. The predicted molar refractivity (Wildman–Crippen MR) is 67.2 cm³/mol. The molecule has 2 rings (SSSR count). The summed E-state index contributed by atoms with van der Waals surface area (Å²) < 4.78 is 27.9. The highest BCUT2D eigenvalue weighted by Crippen LogP contribution is 2.33. The molecule has 1 nitrogen and oxygen atoms in total. The third-order valence-corrected chi connectivity index (χ3v) is 4.14. The molecular formula is C12H9BrF2OS. The SMILES string of the molecule is Cc1ccc(C(O)c2ccc(Br)s2)c(F)c1F. The van der Waals surface area contributed by atoms with Crippen molar-refractivity contribution in [1.82, 2.24) is 0 Å². The Kier molecular flexibility index (Phi) is 3.61. The average Bonchev–Trinajstić information content (AvgIpc) is 2.72. The molecule has 1 heterocycles. The monoisotopic (exact) mass is 318 g/mol. The van der Waals surface area contributed by atoms with Gasteiger partial charge in [0.15, 0.2) is 11.6 Å². The van der Waals surface area contributed by atoms with Crippen molar-refractivity contribution >= 4 is 27.3 Å². The quantitative estimate of drug-likeness (QED) is 0.880. The van der Waals surface area contributed by atoms with E-state index in [4.69, 9.17) is 0 Å². The van der Waals surface area contributed by atoms with E-state index in [1.165, 1.54) is 30.4 Å². The van der Waals surface area contributed by atoms with E-state index in [2.05, 4.69) is 15.9 Å². The predicted octanol–water partition coefficient (Wildman–Crippen LogP) is 4.18. The van der Waals surface area contributed by atoms with Crippen LogP contribution in [-0.4, -0.2) is 5.11 Å². The van der Waals surface area contributed by atoms with Crippen LogP contribution in [0.2, 0.25) is 0 Å². The average molecular weight is 319 g/mol. The van der Waals surface area contributed by atoms with Gasteiger partial charge in [-0.2, -0.15) is 0 Å². The first-order valence-corrected chi connectivity index (χ1v) is 6.49. The fraction of sp³-hybridized carbons (Fsp3) is 0.167. The summed E-state index contributed by atoms with van der Waals surface area (Å²) in [6.07, 6.45) is -1.14. The van der Waals surface area contributed by atoms with Gasteiger partial charge in [-0.25, -0.2) is 8.78 Å². The first kappa shape index (κ1) is 12.7. The highest BCUT2D eigenvalue weighted by atomic mass is 79.9. The van der Waals surface area contributed by atoms with E-state index in [-0.39, 0.29) is 11.1 Å². The number of benzene rings is 1. The van der Waals surface area contributed by atoms with Crippen LogP contribution in [0, 0.1) is 18.6 Å². The van der Waals surface area contributed by atoms with Gasteiger partial charge in [0.2, 0.25) is 0 Å². The van der Waals surface area contributed by atoms with Crippen LogP contribution < -0.4 is 0 Å². The summed E-state index contributed by atoms with van der Waals surface area (Å²) in [5.74, 6) is -1.89. The maximum absolute atomic E-state index is 13.7. The number of hydrogen-bond acceptors (Lipinski definition) is 2. The minimum absolute atomic E-state index is 0.0394. The second kappa shape index (κ2) is 4.84. The molecule has 1 atom stereocenters. The van der Waals surface area contributed by atoms with Crippen molar-refractivity contribution in [1.29, 1.82) is 0 Å². The summed E-state index contributed by atoms with van der Waals surface area (Å²) >= 11 is 4.54. The molecule has 0 aliphatic rings. The van der Waals surface area contributed by atoms with E-state index < -0.39 is 17.7 Å². The van der Waals surface area contributed by atoms with Crippen molar-refractivity contribution in [2.75, 3.05) is 0 Å². The number of thiophene rings is 1. The molecule has 1 aromatic carbocycles. The van der Waals surface area contributed by atoms with Crippen molar-refractivity contribution in [3.8, 4) is 0 Å². The lowest BCUT2D eigenvalue weighted by atomic mass is 10.0. The molecule has 0 saturated carbocycles. The Balaban J connectivity index is 2.44. The van der Waals surface area contributed by atoms with Gasteiger partial charge in [0, 0.05) is 10.4 Å². The minimum atomic E-state index is -1.14. The molecule has 0 bridgehead atoms. The molecule has 17 heavy (non-hydrogen) atoms. The summed E-state index contributed by atoms with van der Waals surface area (Å²) in [4.78, 5) is 0.569. The number of rotatable bonds is 2. The summed E-state index contributed by atoms with van der Waals surface area (Å²) in [7, 11) is 0. The molecule has 5 heteroatoms. The molecule has 0 fully saturated rings. The second-order valence-electron chi connectivity index (χ2n) is 3.64. The molecular weight excluding hydrogens is 310 g/mol. The molecule has 0 saturated heterocycles. The van der Waals surface area contributed by atoms with E-state index in [9.17, 15) is 13.9 Å². The van der Waals surface area contributed by atoms with Gasteiger partial charge in [0.25, 0.3) is 0 Å². The van der Waals surface area contributed by atoms with Gasteiger partial charge < -0.3 is 5.11 Å². The van der Waals surface area contributed by atoms with Crippen LogP contribution in [0.15, 0.2) is 28.1 Å². The van der Waals surface area contributed by atoms with E-state index in [0.717, 1.165) is 3.79 Å². The van der Waals surface area contributed by atoms with Gasteiger partial charge >= 0.3 is 0 Å². The van der Waals surface area contributed by atoms with Crippen molar-refractivity contribution in [2.45, 2.75) is 13.0 Å². The lowest BCUT2D eigenvalue weighted by molar-refractivity contribution is 0.217. The maximum atomic E-state index is 13.7. The molecule has 1 unspecified atom stereocenters. The lowest BCUT2D eigenvalue weighted by Crippen LogP contribution is -2.03. The summed E-state index contributed by atoms with van der Waals surface area (Å²) in [5.41, 5.74) is 0.188. The molecule has 0 radical (unpaired) electrons. The van der Waals surface area contributed by atoms with Crippen molar-refractivity contribution in [2.24, 2.45) is 0 Å². The third kappa shape index (κ3) is 2.41. The van der Waals surface area contributed by atoms with E-state index in [1.807, 2.05) is 0 Å². The maximum Gasteiger partial charge on any atom is 0.165 e. The number of halogens is 3. The Morgan fingerprint density at radius 1 is 1.18 bits per heavy atom. The Bertz CT molecular complexity index is 553. The number of aryl methyl sites for hydroxylation is 1. The zero-order valence-corrected chi connectivity index (χ0v) is 11.3. The van der Waals surface area contributed by atoms with Crippen LogP contribution in [0.1, 0.15) is 22.1 Å². The zero-order chi connectivity index (χ0) is 12.6. The highest BCUT2D eigenvalue weighted by Gasteiger charge is 2.20. The molecule has 0 aliphatic carbocycles. The topological polar surface area (TPSA) is 20.2 Å². The van der Waals surface area contributed by atoms with Gasteiger partial charge in [-0.1, -0.05) is 12.1 Å². The highest BCUT2D eigenvalue weighted by molar-refractivity contribution is 9.11. The van der Waals surface area contributed by atoms with E-state index >= 15 is 0 Å². The molecule has 2 aromatic rings. The second-order valence-corrected chi connectivity index (χ2v) is 6.14. The molecule has 1 N–H and O–H groups in total. The summed E-state index contributed by atoms with van der Waals surface area (Å²) in [5, 5.41) is 9.98. The van der Waals surface area contributed by atoms with E-state index in [0.29, 0.717) is 4.88 Å². The van der Waals surface area contributed by atoms with Gasteiger partial charge in [-0.05, 0) is 40.5 Å². The normalized spacial score (nSPS) is 12.8. The van der Waals surface area contributed by atoms with Crippen LogP contribution >= 0.6 is 27.3 Å². The van der Waals surface area contributed by atoms with Crippen molar-refractivity contribution in [3.05, 3.63) is 55.7 Å².